The molecule has 0 heterocycles. The number of nitro groups is 1. The van der Waals surface area contributed by atoms with E-state index in [2.05, 4.69) is 21.2 Å². The molecule has 160 valence electrons. The molecule has 3 aromatic rings. The van der Waals surface area contributed by atoms with E-state index in [0.29, 0.717) is 33.6 Å². The number of benzene rings is 3. The van der Waals surface area contributed by atoms with Crippen LogP contribution in [0.25, 0.3) is 6.08 Å². The van der Waals surface area contributed by atoms with Crippen LogP contribution in [0.5, 0.6) is 5.75 Å². The van der Waals surface area contributed by atoms with Crippen LogP contribution in [0.2, 0.25) is 0 Å². The van der Waals surface area contributed by atoms with Gasteiger partial charge in [0, 0.05) is 17.8 Å². The van der Waals surface area contributed by atoms with Crippen molar-refractivity contribution in [2.24, 2.45) is 0 Å². The van der Waals surface area contributed by atoms with E-state index >= 15 is 0 Å². The minimum absolute atomic E-state index is 0.0732. The van der Waals surface area contributed by atoms with Crippen molar-refractivity contribution >= 4 is 39.3 Å². The third-order valence-electron chi connectivity index (χ3n) is 4.54. The summed E-state index contributed by atoms with van der Waals surface area (Å²) in [4.78, 5) is 22.9. The number of halogens is 1. The van der Waals surface area contributed by atoms with E-state index in [1.165, 1.54) is 24.3 Å². The lowest BCUT2D eigenvalue weighted by atomic mass is 10.1. The Labute approximate surface area is 193 Å². The van der Waals surface area contributed by atoms with Gasteiger partial charge in [0.05, 0.1) is 9.40 Å². The summed E-state index contributed by atoms with van der Waals surface area (Å²) < 4.78 is 6.50. The van der Waals surface area contributed by atoms with E-state index in [9.17, 15) is 20.2 Å². The molecule has 1 amide bonds. The second-order valence-corrected chi connectivity index (χ2v) is 7.70. The predicted molar refractivity (Wildman–Crippen MR) is 125 cm³/mol. The molecule has 1 N–H and O–H groups in total. The number of anilines is 1. The molecule has 0 radical (unpaired) electrons. The van der Waals surface area contributed by atoms with Gasteiger partial charge in [0.15, 0.2) is 0 Å². The van der Waals surface area contributed by atoms with Gasteiger partial charge in [0.25, 0.3) is 11.6 Å². The number of carbonyl (C=O) groups excluding carboxylic acids is 1. The van der Waals surface area contributed by atoms with E-state index in [0.717, 1.165) is 5.56 Å². The number of carbonyl (C=O) groups is 1. The molecule has 0 spiro atoms. The van der Waals surface area contributed by atoms with E-state index in [4.69, 9.17) is 4.74 Å². The molecule has 0 bridgehead atoms. The number of non-ortho nitro benzene ring substituents is 1. The highest BCUT2D eigenvalue weighted by molar-refractivity contribution is 9.10. The summed E-state index contributed by atoms with van der Waals surface area (Å²) in [5.41, 5.74) is 2.41. The lowest BCUT2D eigenvalue weighted by molar-refractivity contribution is -0.384. The van der Waals surface area contributed by atoms with Gasteiger partial charge >= 0.3 is 0 Å². The van der Waals surface area contributed by atoms with Gasteiger partial charge in [-0.2, -0.15) is 5.26 Å². The Bertz CT molecular complexity index is 1230. The number of nitro benzene ring substituents is 1. The summed E-state index contributed by atoms with van der Waals surface area (Å²) >= 11 is 3.46. The molecule has 3 aromatic carbocycles. The summed E-state index contributed by atoms with van der Waals surface area (Å²) in [6.07, 6.45) is 1.46. The highest BCUT2D eigenvalue weighted by atomic mass is 79.9. The third-order valence-corrected chi connectivity index (χ3v) is 5.16. The summed E-state index contributed by atoms with van der Waals surface area (Å²) in [6, 6.07) is 21.0. The number of nitrogens with zero attached hydrogens (tertiary/aromatic N) is 2. The number of nitriles is 1. The minimum Gasteiger partial charge on any atom is -0.488 e. The third kappa shape index (κ3) is 5.80. The van der Waals surface area contributed by atoms with Crippen LogP contribution >= 0.6 is 15.9 Å². The Balaban J connectivity index is 1.72. The number of hydrogen-bond acceptors (Lipinski definition) is 5. The Morgan fingerprint density at radius 1 is 1.19 bits per heavy atom. The molecule has 0 aliphatic carbocycles. The fraction of sp³-hybridized carbons (Fsp3) is 0.0833. The number of ether oxygens (including phenoxy) is 1. The fourth-order valence-electron chi connectivity index (χ4n) is 2.87. The van der Waals surface area contributed by atoms with Crippen LogP contribution in [0, 0.1) is 28.4 Å². The highest BCUT2D eigenvalue weighted by Gasteiger charge is 2.14. The van der Waals surface area contributed by atoms with Crippen molar-refractivity contribution in [3.63, 3.8) is 0 Å². The summed E-state index contributed by atoms with van der Waals surface area (Å²) in [6.45, 7) is 2.05. The van der Waals surface area contributed by atoms with Gasteiger partial charge in [-0.15, -0.1) is 0 Å². The first-order chi connectivity index (χ1) is 15.4. The zero-order chi connectivity index (χ0) is 23.1. The number of amides is 1. The molecule has 3 rings (SSSR count). The Hall–Kier alpha value is -3.96. The predicted octanol–water partition coefficient (Wildman–Crippen LogP) is 5.79. The second kappa shape index (κ2) is 10.4. The van der Waals surface area contributed by atoms with E-state index < -0.39 is 10.8 Å². The number of rotatable bonds is 7. The van der Waals surface area contributed by atoms with E-state index in [1.807, 2.05) is 36.4 Å². The highest BCUT2D eigenvalue weighted by Crippen LogP contribution is 2.28. The Kier molecular flexibility index (Phi) is 7.37. The number of aryl methyl sites for hydroxylation is 1. The normalized spacial score (nSPS) is 10.8. The van der Waals surface area contributed by atoms with Crippen LogP contribution in [0.3, 0.4) is 0 Å². The molecule has 32 heavy (non-hydrogen) atoms. The SMILES string of the molecule is Cc1cc([N+](=O)[O-])ccc1NC(=O)/C(C#N)=C/c1ccc(OCc2ccccc2)c(Br)c1. The van der Waals surface area contributed by atoms with Crippen molar-refractivity contribution in [2.45, 2.75) is 13.5 Å². The van der Waals surface area contributed by atoms with Crippen LogP contribution < -0.4 is 10.1 Å². The zero-order valence-corrected chi connectivity index (χ0v) is 18.6. The topological polar surface area (TPSA) is 105 Å². The molecule has 0 atom stereocenters. The monoisotopic (exact) mass is 491 g/mol. The van der Waals surface area contributed by atoms with Crippen molar-refractivity contribution in [1.82, 2.24) is 0 Å². The van der Waals surface area contributed by atoms with Crippen molar-refractivity contribution in [2.75, 3.05) is 5.32 Å². The first-order valence-corrected chi connectivity index (χ1v) is 10.3. The standard InChI is InChI=1S/C24H18BrN3O4/c1-16-11-20(28(30)31)8-9-22(16)27-24(29)19(14-26)12-18-7-10-23(21(25)13-18)32-15-17-5-3-2-4-6-17/h2-13H,15H2,1H3,(H,27,29)/b19-12+. The Morgan fingerprint density at radius 2 is 1.94 bits per heavy atom. The van der Waals surface area contributed by atoms with Gasteiger partial charge in [0.1, 0.15) is 24.0 Å². The molecule has 8 heteroatoms. The molecule has 0 saturated carbocycles. The van der Waals surface area contributed by atoms with Crippen molar-refractivity contribution in [1.29, 1.82) is 5.26 Å². The molecule has 0 aliphatic rings. The molecule has 0 saturated heterocycles. The van der Waals surface area contributed by atoms with Crippen molar-refractivity contribution < 1.29 is 14.5 Å². The van der Waals surface area contributed by atoms with Crippen LogP contribution in [0.1, 0.15) is 16.7 Å². The average molecular weight is 492 g/mol. The maximum atomic E-state index is 12.6. The molecule has 0 fully saturated rings. The largest absolute Gasteiger partial charge is 0.488 e. The summed E-state index contributed by atoms with van der Waals surface area (Å²) in [7, 11) is 0. The maximum absolute atomic E-state index is 12.6. The first kappa shape index (κ1) is 22.7. The van der Waals surface area contributed by atoms with Gasteiger partial charge in [-0.05, 0) is 63.8 Å². The van der Waals surface area contributed by atoms with Gasteiger partial charge in [-0.3, -0.25) is 14.9 Å². The minimum atomic E-state index is -0.607. The summed E-state index contributed by atoms with van der Waals surface area (Å²) in [5, 5.41) is 22.9. The lowest BCUT2D eigenvalue weighted by Gasteiger charge is -2.10. The van der Waals surface area contributed by atoms with Crippen LogP contribution in [-0.4, -0.2) is 10.8 Å². The molecule has 7 nitrogen and oxygen atoms in total. The van der Waals surface area contributed by atoms with Crippen molar-refractivity contribution in [3.05, 3.63) is 104 Å². The quantitative estimate of drug-likeness (QED) is 0.195. The lowest BCUT2D eigenvalue weighted by Crippen LogP contribution is -2.14. The molecular formula is C24H18BrN3O4. The zero-order valence-electron chi connectivity index (χ0n) is 17.0. The average Bonchev–Trinajstić information content (AvgIpc) is 2.78. The van der Waals surface area contributed by atoms with Gasteiger partial charge < -0.3 is 10.1 Å². The second-order valence-electron chi connectivity index (χ2n) is 6.84. The van der Waals surface area contributed by atoms with Crippen LogP contribution in [-0.2, 0) is 11.4 Å². The molecule has 0 aromatic heterocycles. The van der Waals surface area contributed by atoms with Gasteiger partial charge in [-0.1, -0.05) is 36.4 Å². The van der Waals surface area contributed by atoms with Crippen LogP contribution in [0.15, 0.2) is 76.8 Å². The summed E-state index contributed by atoms with van der Waals surface area (Å²) in [5.74, 6) is 0.0282. The van der Waals surface area contributed by atoms with Gasteiger partial charge in [-0.25, -0.2) is 0 Å². The molecular weight excluding hydrogens is 474 g/mol. The van der Waals surface area contributed by atoms with E-state index in [1.54, 1.807) is 25.1 Å². The number of nitrogens with one attached hydrogen (secondary N) is 1. The maximum Gasteiger partial charge on any atom is 0.269 e. The van der Waals surface area contributed by atoms with Crippen LogP contribution in [0.4, 0.5) is 11.4 Å². The molecule has 0 aliphatic heterocycles. The Morgan fingerprint density at radius 3 is 2.56 bits per heavy atom. The molecule has 0 unspecified atom stereocenters. The van der Waals surface area contributed by atoms with Gasteiger partial charge in [0.2, 0.25) is 0 Å². The van der Waals surface area contributed by atoms with E-state index in [-0.39, 0.29) is 11.3 Å². The van der Waals surface area contributed by atoms with Crippen molar-refractivity contribution in [3.8, 4) is 11.8 Å². The number of hydrogen-bond donors (Lipinski definition) is 1. The smallest absolute Gasteiger partial charge is 0.269 e. The fourth-order valence-corrected chi connectivity index (χ4v) is 3.38. The first-order valence-electron chi connectivity index (χ1n) is 9.52.